The summed E-state index contributed by atoms with van der Waals surface area (Å²) in [6.45, 7) is 1.76. The average Bonchev–Trinajstić information content (AvgIpc) is 3.25. The number of anilines is 1. The first kappa shape index (κ1) is 21.4. The monoisotopic (exact) mass is 483 g/mol. The fourth-order valence-corrected chi connectivity index (χ4v) is 6.37. The highest BCUT2D eigenvalue weighted by Gasteiger charge is 2.31. The lowest BCUT2D eigenvalue weighted by Crippen LogP contribution is -2.48. The van der Waals surface area contributed by atoms with Gasteiger partial charge in [-0.3, -0.25) is 0 Å². The van der Waals surface area contributed by atoms with Gasteiger partial charge in [-0.05, 0) is 24.3 Å². The number of sulfonamides is 1. The summed E-state index contributed by atoms with van der Waals surface area (Å²) in [5, 5.41) is 3.13. The minimum Gasteiger partial charge on any atom is -0.496 e. The molecule has 1 saturated heterocycles. The van der Waals surface area contributed by atoms with Crippen molar-refractivity contribution in [1.82, 2.24) is 9.29 Å². The quantitative estimate of drug-likeness (QED) is 0.528. The van der Waals surface area contributed by atoms with Gasteiger partial charge in [0.05, 0.1) is 22.8 Å². The summed E-state index contributed by atoms with van der Waals surface area (Å²) in [4.78, 5) is 6.87. The summed E-state index contributed by atoms with van der Waals surface area (Å²) in [7, 11) is -2.07. The van der Waals surface area contributed by atoms with E-state index in [4.69, 9.17) is 32.9 Å². The SMILES string of the molecule is COc1ccccc1-c1csc(N2CCN(S(=O)(=O)c3cccc(Cl)c3Cl)CC2)n1. The van der Waals surface area contributed by atoms with Crippen molar-refractivity contribution in [2.45, 2.75) is 4.90 Å². The Bertz CT molecular complexity index is 1160. The molecule has 0 spiro atoms. The van der Waals surface area contributed by atoms with Crippen molar-refractivity contribution in [3.63, 3.8) is 0 Å². The molecular formula is C20H19Cl2N3O3S2. The zero-order valence-electron chi connectivity index (χ0n) is 16.1. The second-order valence-electron chi connectivity index (χ2n) is 6.66. The maximum atomic E-state index is 13.0. The van der Waals surface area contributed by atoms with Crippen LogP contribution >= 0.6 is 34.5 Å². The molecule has 1 aromatic heterocycles. The van der Waals surface area contributed by atoms with E-state index in [2.05, 4.69) is 4.90 Å². The van der Waals surface area contributed by atoms with Gasteiger partial charge < -0.3 is 9.64 Å². The van der Waals surface area contributed by atoms with Crippen molar-refractivity contribution >= 4 is 49.7 Å². The molecule has 2 aromatic carbocycles. The molecule has 1 aliphatic rings. The number of ether oxygens (including phenoxy) is 1. The van der Waals surface area contributed by atoms with Gasteiger partial charge in [-0.2, -0.15) is 4.31 Å². The molecule has 10 heteroatoms. The predicted molar refractivity (Wildman–Crippen MR) is 122 cm³/mol. The lowest BCUT2D eigenvalue weighted by Gasteiger charge is -2.34. The van der Waals surface area contributed by atoms with Crippen molar-refractivity contribution in [1.29, 1.82) is 0 Å². The Hall–Kier alpha value is -1.84. The Morgan fingerprint density at radius 2 is 1.77 bits per heavy atom. The number of aromatic nitrogens is 1. The molecule has 1 fully saturated rings. The summed E-state index contributed by atoms with van der Waals surface area (Å²) < 4.78 is 32.9. The Labute approximate surface area is 189 Å². The van der Waals surface area contributed by atoms with Crippen LogP contribution < -0.4 is 9.64 Å². The fraction of sp³-hybridized carbons (Fsp3) is 0.250. The number of para-hydroxylation sites is 1. The summed E-state index contributed by atoms with van der Waals surface area (Å²) in [5.74, 6) is 0.767. The van der Waals surface area contributed by atoms with Gasteiger partial charge in [0.25, 0.3) is 0 Å². The standard InChI is InChI=1S/C20H19Cl2N3O3S2/c1-28-17-7-3-2-5-14(17)16-13-29-20(23-16)24-9-11-25(12-10-24)30(26,27)18-8-4-6-15(21)19(18)22/h2-8,13H,9-12H2,1H3. The number of hydrogen-bond acceptors (Lipinski definition) is 6. The van der Waals surface area contributed by atoms with Gasteiger partial charge in [0.1, 0.15) is 10.6 Å². The minimum atomic E-state index is -3.71. The highest BCUT2D eigenvalue weighted by atomic mass is 35.5. The molecule has 1 aliphatic heterocycles. The molecule has 0 radical (unpaired) electrons. The number of methoxy groups -OCH3 is 1. The van der Waals surface area contributed by atoms with E-state index in [9.17, 15) is 8.42 Å². The van der Waals surface area contributed by atoms with E-state index < -0.39 is 10.0 Å². The average molecular weight is 484 g/mol. The van der Waals surface area contributed by atoms with Gasteiger partial charge in [-0.25, -0.2) is 13.4 Å². The van der Waals surface area contributed by atoms with Crippen molar-refractivity contribution in [3.05, 3.63) is 57.9 Å². The Morgan fingerprint density at radius 3 is 2.50 bits per heavy atom. The van der Waals surface area contributed by atoms with Crippen molar-refractivity contribution < 1.29 is 13.2 Å². The van der Waals surface area contributed by atoms with Crippen molar-refractivity contribution in [2.75, 3.05) is 38.2 Å². The first-order chi connectivity index (χ1) is 14.4. The Balaban J connectivity index is 1.49. The first-order valence-corrected chi connectivity index (χ1v) is 12.3. The van der Waals surface area contributed by atoms with E-state index in [1.54, 1.807) is 19.2 Å². The summed E-state index contributed by atoms with van der Waals surface area (Å²) in [5.41, 5.74) is 1.77. The molecule has 30 heavy (non-hydrogen) atoms. The molecule has 0 amide bonds. The maximum Gasteiger partial charge on any atom is 0.244 e. The number of benzene rings is 2. The van der Waals surface area contributed by atoms with Crippen molar-refractivity contribution in [3.8, 4) is 17.0 Å². The van der Waals surface area contributed by atoms with E-state index in [-0.39, 0.29) is 14.9 Å². The largest absolute Gasteiger partial charge is 0.496 e. The summed E-state index contributed by atoms with van der Waals surface area (Å²) in [6, 6.07) is 12.4. The van der Waals surface area contributed by atoms with Crippen LogP contribution in [0.2, 0.25) is 10.0 Å². The van der Waals surface area contributed by atoms with Crippen LogP contribution in [-0.2, 0) is 10.0 Å². The van der Waals surface area contributed by atoms with E-state index in [0.717, 1.165) is 22.1 Å². The smallest absolute Gasteiger partial charge is 0.244 e. The Morgan fingerprint density at radius 1 is 1.03 bits per heavy atom. The molecule has 6 nitrogen and oxygen atoms in total. The third-order valence-corrected chi connectivity index (χ3v) is 8.69. The van der Waals surface area contributed by atoms with Crippen LogP contribution in [0.25, 0.3) is 11.3 Å². The van der Waals surface area contributed by atoms with Crippen LogP contribution in [0.1, 0.15) is 0 Å². The van der Waals surface area contributed by atoms with Crippen LogP contribution in [0.3, 0.4) is 0 Å². The molecule has 3 aromatic rings. The zero-order chi connectivity index (χ0) is 21.3. The summed E-state index contributed by atoms with van der Waals surface area (Å²) >= 11 is 13.7. The lowest BCUT2D eigenvalue weighted by molar-refractivity contribution is 0.385. The summed E-state index contributed by atoms with van der Waals surface area (Å²) in [6.07, 6.45) is 0. The number of thiazole rings is 1. The van der Waals surface area contributed by atoms with Gasteiger partial charge in [0, 0.05) is 37.1 Å². The lowest BCUT2D eigenvalue weighted by atomic mass is 10.1. The predicted octanol–water partition coefficient (Wildman–Crippen LogP) is 4.64. The second-order valence-corrected chi connectivity index (χ2v) is 10.2. The topological polar surface area (TPSA) is 62.7 Å². The van der Waals surface area contributed by atoms with Gasteiger partial charge in [-0.15, -0.1) is 11.3 Å². The molecule has 0 N–H and O–H groups in total. The van der Waals surface area contributed by atoms with Crippen LogP contribution in [-0.4, -0.2) is 51.0 Å². The number of nitrogens with zero attached hydrogens (tertiary/aromatic N) is 3. The minimum absolute atomic E-state index is 0.0397. The normalized spacial score (nSPS) is 15.4. The molecule has 4 rings (SSSR count). The van der Waals surface area contributed by atoms with E-state index in [1.165, 1.54) is 21.7 Å². The molecule has 158 valence electrons. The number of hydrogen-bond donors (Lipinski definition) is 0. The van der Waals surface area contributed by atoms with Gasteiger partial charge in [0.15, 0.2) is 5.13 Å². The van der Waals surface area contributed by atoms with E-state index in [0.29, 0.717) is 26.2 Å². The number of piperazine rings is 1. The van der Waals surface area contributed by atoms with E-state index >= 15 is 0 Å². The maximum absolute atomic E-state index is 13.0. The molecule has 0 atom stereocenters. The highest BCUT2D eigenvalue weighted by molar-refractivity contribution is 7.89. The van der Waals surface area contributed by atoms with Crippen molar-refractivity contribution in [2.24, 2.45) is 0 Å². The van der Waals surface area contributed by atoms with Crippen LogP contribution in [0.4, 0.5) is 5.13 Å². The molecule has 0 aliphatic carbocycles. The molecule has 0 saturated carbocycles. The highest BCUT2D eigenvalue weighted by Crippen LogP contribution is 2.34. The number of halogens is 2. The van der Waals surface area contributed by atoms with Gasteiger partial charge >= 0.3 is 0 Å². The van der Waals surface area contributed by atoms with Crippen LogP contribution in [0.15, 0.2) is 52.7 Å². The molecule has 2 heterocycles. The molecular weight excluding hydrogens is 465 g/mol. The van der Waals surface area contributed by atoms with Gasteiger partial charge in [0.2, 0.25) is 10.0 Å². The zero-order valence-corrected chi connectivity index (χ0v) is 19.2. The second kappa shape index (κ2) is 8.72. The first-order valence-electron chi connectivity index (χ1n) is 9.20. The third kappa shape index (κ3) is 4.02. The van der Waals surface area contributed by atoms with Crippen LogP contribution in [0, 0.1) is 0 Å². The third-order valence-electron chi connectivity index (χ3n) is 4.92. The van der Waals surface area contributed by atoms with E-state index in [1.807, 2.05) is 29.6 Å². The molecule has 0 bridgehead atoms. The number of rotatable bonds is 5. The molecule has 0 unspecified atom stereocenters. The van der Waals surface area contributed by atoms with Crippen LogP contribution in [0.5, 0.6) is 5.75 Å². The van der Waals surface area contributed by atoms with Gasteiger partial charge in [-0.1, -0.05) is 41.4 Å². The Kier molecular flexibility index (Phi) is 6.22. The fourth-order valence-electron chi connectivity index (χ4n) is 3.33.